The zero-order valence-corrected chi connectivity index (χ0v) is 16.9. The third-order valence-electron chi connectivity index (χ3n) is 4.00. The molecular weight excluding hydrogens is 354 g/mol. The van der Waals surface area contributed by atoms with Crippen LogP contribution in [0.25, 0.3) is 0 Å². The SMILES string of the molecule is COCC(=O)Nc1cccc(NC(=O)NC(CC(C)(C)C)c2ccccc2)c1. The summed E-state index contributed by atoms with van der Waals surface area (Å²) in [6.45, 7) is 6.42. The molecule has 0 radical (unpaired) electrons. The lowest BCUT2D eigenvalue weighted by atomic mass is 9.85. The lowest BCUT2D eigenvalue weighted by Crippen LogP contribution is -2.34. The molecule has 0 fully saturated rings. The highest BCUT2D eigenvalue weighted by Crippen LogP contribution is 2.29. The predicted octanol–water partition coefficient (Wildman–Crippen LogP) is 4.57. The second kappa shape index (κ2) is 9.90. The van der Waals surface area contributed by atoms with Gasteiger partial charge in [0, 0.05) is 18.5 Å². The molecule has 0 aromatic heterocycles. The summed E-state index contributed by atoms with van der Waals surface area (Å²) >= 11 is 0. The van der Waals surface area contributed by atoms with E-state index in [1.54, 1.807) is 24.3 Å². The van der Waals surface area contributed by atoms with Gasteiger partial charge in [0.1, 0.15) is 6.61 Å². The van der Waals surface area contributed by atoms with Gasteiger partial charge in [0.25, 0.3) is 0 Å². The van der Waals surface area contributed by atoms with Gasteiger partial charge >= 0.3 is 6.03 Å². The number of amides is 3. The molecule has 2 rings (SSSR count). The Bertz CT molecular complexity index is 785. The number of nitrogens with one attached hydrogen (secondary N) is 3. The first kappa shape index (κ1) is 21.4. The van der Waals surface area contributed by atoms with Crippen molar-refractivity contribution in [3.63, 3.8) is 0 Å². The third kappa shape index (κ3) is 7.40. The highest BCUT2D eigenvalue weighted by atomic mass is 16.5. The Labute approximate surface area is 166 Å². The minimum atomic E-state index is -0.293. The number of anilines is 2. The molecule has 150 valence electrons. The minimum Gasteiger partial charge on any atom is -0.375 e. The predicted molar refractivity (Wildman–Crippen MR) is 112 cm³/mol. The first-order chi connectivity index (χ1) is 13.3. The van der Waals surface area contributed by atoms with Crippen molar-refractivity contribution in [1.82, 2.24) is 5.32 Å². The lowest BCUT2D eigenvalue weighted by molar-refractivity contribution is -0.119. The topological polar surface area (TPSA) is 79.5 Å². The molecule has 0 aliphatic rings. The standard InChI is InChI=1S/C22H29N3O3/c1-22(2,3)14-19(16-9-6-5-7-10-16)25-21(27)24-18-12-8-11-17(13-18)23-20(26)15-28-4/h5-13,19H,14-15H2,1-4H3,(H,23,26)(H2,24,25,27). The summed E-state index contributed by atoms with van der Waals surface area (Å²) in [6, 6.07) is 16.5. The van der Waals surface area contributed by atoms with Crippen LogP contribution in [0, 0.1) is 5.41 Å². The Morgan fingerprint density at radius 3 is 2.21 bits per heavy atom. The number of carbonyl (C=O) groups excluding carboxylic acids is 2. The lowest BCUT2D eigenvalue weighted by Gasteiger charge is -2.27. The maximum absolute atomic E-state index is 12.6. The molecule has 28 heavy (non-hydrogen) atoms. The zero-order valence-electron chi connectivity index (χ0n) is 16.9. The first-order valence-corrected chi connectivity index (χ1v) is 9.28. The molecule has 0 aliphatic heterocycles. The number of methoxy groups -OCH3 is 1. The van der Waals surface area contributed by atoms with Gasteiger partial charge in [-0.3, -0.25) is 4.79 Å². The summed E-state index contributed by atoms with van der Waals surface area (Å²) in [5.41, 5.74) is 2.30. The molecule has 0 bridgehead atoms. The zero-order chi connectivity index (χ0) is 20.6. The normalized spacial score (nSPS) is 12.1. The summed E-state index contributed by atoms with van der Waals surface area (Å²) in [4.78, 5) is 24.2. The minimum absolute atomic E-state index is 0.0241. The van der Waals surface area contributed by atoms with Gasteiger partial charge in [-0.1, -0.05) is 57.2 Å². The van der Waals surface area contributed by atoms with E-state index < -0.39 is 0 Å². The van der Waals surface area contributed by atoms with Crippen molar-refractivity contribution in [1.29, 1.82) is 0 Å². The third-order valence-corrected chi connectivity index (χ3v) is 4.00. The summed E-state index contributed by atoms with van der Waals surface area (Å²) in [5, 5.41) is 8.62. The largest absolute Gasteiger partial charge is 0.375 e. The van der Waals surface area contributed by atoms with Gasteiger partial charge in [-0.2, -0.15) is 0 Å². The van der Waals surface area contributed by atoms with E-state index in [0.717, 1.165) is 12.0 Å². The van der Waals surface area contributed by atoms with E-state index in [0.29, 0.717) is 11.4 Å². The van der Waals surface area contributed by atoms with Crippen LogP contribution in [-0.2, 0) is 9.53 Å². The fourth-order valence-corrected chi connectivity index (χ4v) is 2.88. The van der Waals surface area contributed by atoms with Gasteiger partial charge in [-0.05, 0) is 35.6 Å². The van der Waals surface area contributed by atoms with Crippen molar-refractivity contribution in [2.24, 2.45) is 5.41 Å². The van der Waals surface area contributed by atoms with E-state index in [1.165, 1.54) is 7.11 Å². The molecule has 1 atom stereocenters. The van der Waals surface area contributed by atoms with Crippen LogP contribution >= 0.6 is 0 Å². The van der Waals surface area contributed by atoms with Gasteiger partial charge in [0.15, 0.2) is 0 Å². The number of rotatable bonds is 7. The summed E-state index contributed by atoms with van der Waals surface area (Å²) in [5.74, 6) is -0.251. The highest BCUT2D eigenvalue weighted by molar-refractivity contribution is 5.94. The Hall–Kier alpha value is -2.86. The van der Waals surface area contributed by atoms with Crippen LogP contribution in [-0.4, -0.2) is 25.7 Å². The fraction of sp³-hybridized carbons (Fsp3) is 0.364. The van der Waals surface area contributed by atoms with E-state index in [9.17, 15) is 9.59 Å². The molecule has 0 heterocycles. The summed E-state index contributed by atoms with van der Waals surface area (Å²) < 4.78 is 4.80. The number of hydrogen-bond acceptors (Lipinski definition) is 3. The van der Waals surface area contributed by atoms with Crippen molar-refractivity contribution in [3.05, 3.63) is 60.2 Å². The summed E-state index contributed by atoms with van der Waals surface area (Å²) in [7, 11) is 1.46. The summed E-state index contributed by atoms with van der Waals surface area (Å²) in [6.07, 6.45) is 0.803. The number of ether oxygens (including phenoxy) is 1. The number of urea groups is 1. The van der Waals surface area contributed by atoms with E-state index in [1.807, 2.05) is 30.3 Å². The van der Waals surface area contributed by atoms with Gasteiger partial charge in [0.2, 0.25) is 5.91 Å². The first-order valence-electron chi connectivity index (χ1n) is 9.28. The van der Waals surface area contributed by atoms with E-state index in [2.05, 4.69) is 36.7 Å². The Kier molecular flexibility index (Phi) is 7.58. The Morgan fingerprint density at radius 1 is 0.964 bits per heavy atom. The Balaban J connectivity index is 2.05. The van der Waals surface area contributed by atoms with E-state index in [4.69, 9.17) is 4.74 Å². The number of hydrogen-bond donors (Lipinski definition) is 3. The molecule has 6 heteroatoms. The number of benzene rings is 2. The van der Waals surface area contributed by atoms with Crippen molar-refractivity contribution in [2.75, 3.05) is 24.4 Å². The smallest absolute Gasteiger partial charge is 0.319 e. The average Bonchev–Trinajstić information content (AvgIpc) is 2.61. The molecule has 2 aromatic rings. The van der Waals surface area contributed by atoms with Crippen LogP contribution in [0.15, 0.2) is 54.6 Å². The maximum Gasteiger partial charge on any atom is 0.319 e. The second-order valence-corrected chi connectivity index (χ2v) is 7.89. The highest BCUT2D eigenvalue weighted by Gasteiger charge is 2.22. The van der Waals surface area contributed by atoms with Crippen LogP contribution in [0.3, 0.4) is 0 Å². The van der Waals surface area contributed by atoms with Crippen LogP contribution in [0.5, 0.6) is 0 Å². The monoisotopic (exact) mass is 383 g/mol. The molecule has 0 saturated carbocycles. The van der Waals surface area contributed by atoms with Crippen molar-refractivity contribution < 1.29 is 14.3 Å². The second-order valence-electron chi connectivity index (χ2n) is 7.89. The molecule has 1 unspecified atom stereocenters. The molecule has 3 amide bonds. The van der Waals surface area contributed by atoms with Crippen LogP contribution in [0.2, 0.25) is 0 Å². The quantitative estimate of drug-likeness (QED) is 0.655. The van der Waals surface area contributed by atoms with Gasteiger partial charge in [-0.25, -0.2) is 4.79 Å². The van der Waals surface area contributed by atoms with Crippen molar-refractivity contribution in [3.8, 4) is 0 Å². The van der Waals surface area contributed by atoms with Crippen LogP contribution in [0.1, 0.15) is 38.8 Å². The molecular formula is C22H29N3O3. The number of carbonyl (C=O) groups is 2. The average molecular weight is 383 g/mol. The van der Waals surface area contributed by atoms with Crippen molar-refractivity contribution in [2.45, 2.75) is 33.2 Å². The van der Waals surface area contributed by atoms with Gasteiger partial charge in [-0.15, -0.1) is 0 Å². The Morgan fingerprint density at radius 2 is 1.61 bits per heavy atom. The molecule has 0 saturated heterocycles. The van der Waals surface area contributed by atoms with E-state index in [-0.39, 0.29) is 30.0 Å². The molecule has 2 aromatic carbocycles. The maximum atomic E-state index is 12.6. The fourth-order valence-electron chi connectivity index (χ4n) is 2.88. The van der Waals surface area contributed by atoms with E-state index >= 15 is 0 Å². The molecule has 0 spiro atoms. The molecule has 0 aliphatic carbocycles. The molecule has 6 nitrogen and oxygen atoms in total. The molecule has 3 N–H and O–H groups in total. The van der Waals surface area contributed by atoms with Gasteiger partial charge < -0.3 is 20.7 Å². The van der Waals surface area contributed by atoms with Crippen LogP contribution < -0.4 is 16.0 Å². The van der Waals surface area contributed by atoms with Crippen molar-refractivity contribution >= 4 is 23.3 Å². The van der Waals surface area contributed by atoms with Gasteiger partial charge in [0.05, 0.1) is 6.04 Å². The van der Waals surface area contributed by atoms with Crippen LogP contribution in [0.4, 0.5) is 16.2 Å².